The molecule has 5 nitrogen and oxygen atoms in total. The molecule has 0 aliphatic carbocycles. The number of methoxy groups -OCH3 is 1. The van der Waals surface area contributed by atoms with Gasteiger partial charge < -0.3 is 9.84 Å². The standard InChI is InChI=1S/C10H11NO4/c1-15-9-5-4-8(3-2-6-12)10(7-9)11(13)14/h2-5,7,12H,6H2,1H3/b3-2+. The third-order valence-electron chi connectivity index (χ3n) is 1.84. The van der Waals surface area contributed by atoms with E-state index >= 15 is 0 Å². The highest BCUT2D eigenvalue weighted by molar-refractivity contribution is 5.62. The number of hydrogen-bond donors (Lipinski definition) is 1. The first-order valence-electron chi connectivity index (χ1n) is 4.29. The summed E-state index contributed by atoms with van der Waals surface area (Å²) in [6, 6.07) is 4.55. The SMILES string of the molecule is COc1ccc(/C=C/CO)c([N+](=O)[O-])c1. The zero-order chi connectivity index (χ0) is 11.3. The molecule has 0 unspecified atom stereocenters. The van der Waals surface area contributed by atoms with Crippen LogP contribution in [0, 0.1) is 10.1 Å². The molecule has 15 heavy (non-hydrogen) atoms. The van der Waals surface area contributed by atoms with Gasteiger partial charge in [0, 0.05) is 0 Å². The fourth-order valence-electron chi connectivity index (χ4n) is 1.13. The lowest BCUT2D eigenvalue weighted by Gasteiger charge is -2.01. The number of nitrogens with zero attached hydrogens (tertiary/aromatic N) is 1. The summed E-state index contributed by atoms with van der Waals surface area (Å²) in [7, 11) is 1.45. The lowest BCUT2D eigenvalue weighted by Crippen LogP contribution is -1.93. The third kappa shape index (κ3) is 2.78. The number of hydrogen-bond acceptors (Lipinski definition) is 4. The zero-order valence-electron chi connectivity index (χ0n) is 8.21. The third-order valence-corrected chi connectivity index (χ3v) is 1.84. The molecule has 0 radical (unpaired) electrons. The molecule has 0 fully saturated rings. The summed E-state index contributed by atoms with van der Waals surface area (Å²) in [5.41, 5.74) is 0.397. The molecule has 80 valence electrons. The van der Waals surface area contributed by atoms with E-state index in [2.05, 4.69) is 0 Å². The Morgan fingerprint density at radius 3 is 2.87 bits per heavy atom. The summed E-state index contributed by atoms with van der Waals surface area (Å²) in [6.07, 6.45) is 2.94. The summed E-state index contributed by atoms with van der Waals surface area (Å²) in [5, 5.41) is 19.3. The van der Waals surface area contributed by atoms with Gasteiger partial charge in [-0.3, -0.25) is 10.1 Å². The molecule has 0 bridgehead atoms. The fourth-order valence-corrected chi connectivity index (χ4v) is 1.13. The molecule has 0 saturated carbocycles. The maximum atomic E-state index is 10.7. The van der Waals surface area contributed by atoms with E-state index in [-0.39, 0.29) is 12.3 Å². The molecule has 0 amide bonds. The summed E-state index contributed by atoms with van der Waals surface area (Å²) < 4.78 is 4.89. The van der Waals surface area contributed by atoms with Crippen LogP contribution in [0.5, 0.6) is 5.75 Å². The normalized spacial score (nSPS) is 10.5. The minimum atomic E-state index is -0.487. The van der Waals surface area contributed by atoms with E-state index in [9.17, 15) is 10.1 Å². The van der Waals surface area contributed by atoms with E-state index in [1.807, 2.05) is 0 Å². The Hall–Kier alpha value is -1.88. The van der Waals surface area contributed by atoms with Gasteiger partial charge in [0.15, 0.2) is 0 Å². The molecule has 0 heterocycles. The summed E-state index contributed by atoms with van der Waals surface area (Å²) in [5.74, 6) is 0.433. The van der Waals surface area contributed by atoms with E-state index in [0.29, 0.717) is 11.3 Å². The number of ether oxygens (including phenoxy) is 1. The molecule has 5 heteroatoms. The molecule has 1 rings (SSSR count). The van der Waals surface area contributed by atoms with Gasteiger partial charge in [-0.05, 0) is 18.2 Å². The van der Waals surface area contributed by atoms with Crippen LogP contribution in [0.2, 0.25) is 0 Å². The number of nitro groups is 1. The predicted molar refractivity (Wildman–Crippen MR) is 55.8 cm³/mol. The predicted octanol–water partition coefficient (Wildman–Crippen LogP) is 1.61. The molecule has 1 N–H and O–H groups in total. The first-order chi connectivity index (χ1) is 7.19. The van der Waals surface area contributed by atoms with Crippen molar-refractivity contribution >= 4 is 11.8 Å². The van der Waals surface area contributed by atoms with Crippen LogP contribution in [0.4, 0.5) is 5.69 Å². The zero-order valence-corrected chi connectivity index (χ0v) is 8.21. The van der Waals surface area contributed by atoms with E-state index in [1.165, 1.54) is 25.3 Å². The fraction of sp³-hybridized carbons (Fsp3) is 0.200. The summed E-state index contributed by atoms with van der Waals surface area (Å²) in [6.45, 7) is -0.150. The van der Waals surface area contributed by atoms with Crippen molar-refractivity contribution in [1.82, 2.24) is 0 Å². The van der Waals surface area contributed by atoms with E-state index in [1.54, 1.807) is 12.1 Å². The van der Waals surface area contributed by atoms with Crippen molar-refractivity contribution in [3.05, 3.63) is 40.0 Å². The average molecular weight is 209 g/mol. The number of nitro benzene ring substituents is 1. The average Bonchev–Trinajstić information content (AvgIpc) is 2.26. The Bertz CT molecular complexity index is 387. The van der Waals surface area contributed by atoms with Gasteiger partial charge in [0.2, 0.25) is 0 Å². The lowest BCUT2D eigenvalue weighted by molar-refractivity contribution is -0.385. The van der Waals surface area contributed by atoms with Crippen molar-refractivity contribution in [2.24, 2.45) is 0 Å². The molecule has 0 saturated heterocycles. The monoisotopic (exact) mass is 209 g/mol. The van der Waals surface area contributed by atoms with Crippen LogP contribution in [0.3, 0.4) is 0 Å². The molecular weight excluding hydrogens is 198 g/mol. The molecule has 0 spiro atoms. The first-order valence-corrected chi connectivity index (χ1v) is 4.29. The largest absolute Gasteiger partial charge is 0.497 e. The minimum absolute atomic E-state index is 0.0425. The number of benzene rings is 1. The molecular formula is C10H11NO4. The second-order valence-electron chi connectivity index (χ2n) is 2.77. The second-order valence-corrected chi connectivity index (χ2v) is 2.77. The quantitative estimate of drug-likeness (QED) is 0.604. The smallest absolute Gasteiger partial charge is 0.280 e. The molecule has 1 aromatic rings. The van der Waals surface area contributed by atoms with E-state index in [0.717, 1.165) is 0 Å². The van der Waals surface area contributed by atoms with Crippen LogP contribution in [0.15, 0.2) is 24.3 Å². The van der Waals surface area contributed by atoms with Crippen LogP contribution in [0.1, 0.15) is 5.56 Å². The van der Waals surface area contributed by atoms with Gasteiger partial charge in [-0.1, -0.05) is 6.08 Å². The van der Waals surface area contributed by atoms with Gasteiger partial charge in [0.1, 0.15) is 5.75 Å². The highest BCUT2D eigenvalue weighted by atomic mass is 16.6. The maximum Gasteiger partial charge on any atom is 0.280 e. The van der Waals surface area contributed by atoms with Crippen molar-refractivity contribution in [2.45, 2.75) is 0 Å². The Balaban J connectivity index is 3.15. The van der Waals surface area contributed by atoms with Crippen LogP contribution in [0.25, 0.3) is 6.08 Å². The van der Waals surface area contributed by atoms with Crippen molar-refractivity contribution < 1.29 is 14.8 Å². The number of aliphatic hydroxyl groups excluding tert-OH is 1. The highest BCUT2D eigenvalue weighted by Gasteiger charge is 2.12. The van der Waals surface area contributed by atoms with Crippen LogP contribution < -0.4 is 4.74 Å². The Morgan fingerprint density at radius 1 is 1.60 bits per heavy atom. The van der Waals surface area contributed by atoms with Crippen molar-refractivity contribution in [1.29, 1.82) is 0 Å². The number of rotatable bonds is 4. The van der Waals surface area contributed by atoms with Crippen LogP contribution >= 0.6 is 0 Å². The molecule has 1 aromatic carbocycles. The van der Waals surface area contributed by atoms with Gasteiger partial charge in [-0.25, -0.2) is 0 Å². The molecule has 0 atom stereocenters. The summed E-state index contributed by atoms with van der Waals surface area (Å²) in [4.78, 5) is 10.2. The van der Waals surface area contributed by atoms with Crippen molar-refractivity contribution in [3.8, 4) is 5.75 Å². The van der Waals surface area contributed by atoms with E-state index < -0.39 is 4.92 Å². The maximum absolute atomic E-state index is 10.7. The Labute approximate surface area is 86.8 Å². The minimum Gasteiger partial charge on any atom is -0.497 e. The van der Waals surface area contributed by atoms with Gasteiger partial charge in [-0.2, -0.15) is 0 Å². The van der Waals surface area contributed by atoms with Crippen LogP contribution in [-0.4, -0.2) is 23.7 Å². The second kappa shape index (κ2) is 5.11. The van der Waals surface area contributed by atoms with Crippen molar-refractivity contribution in [2.75, 3.05) is 13.7 Å². The topological polar surface area (TPSA) is 72.6 Å². The lowest BCUT2D eigenvalue weighted by atomic mass is 10.1. The molecule has 0 aromatic heterocycles. The number of aliphatic hydroxyl groups is 1. The van der Waals surface area contributed by atoms with E-state index in [4.69, 9.17) is 9.84 Å². The van der Waals surface area contributed by atoms with Crippen LogP contribution in [-0.2, 0) is 0 Å². The molecule has 0 aliphatic heterocycles. The Kier molecular flexibility index (Phi) is 3.82. The summed E-state index contributed by atoms with van der Waals surface area (Å²) >= 11 is 0. The van der Waals surface area contributed by atoms with Gasteiger partial charge in [0.05, 0.1) is 30.3 Å². The Morgan fingerprint density at radius 2 is 2.33 bits per heavy atom. The van der Waals surface area contributed by atoms with Gasteiger partial charge in [-0.15, -0.1) is 0 Å². The van der Waals surface area contributed by atoms with Gasteiger partial charge >= 0.3 is 0 Å². The first kappa shape index (κ1) is 11.2. The van der Waals surface area contributed by atoms with Crippen molar-refractivity contribution in [3.63, 3.8) is 0 Å². The van der Waals surface area contributed by atoms with Gasteiger partial charge in [0.25, 0.3) is 5.69 Å². The molecule has 0 aliphatic rings. The highest BCUT2D eigenvalue weighted by Crippen LogP contribution is 2.25.